The molecule has 0 fully saturated rings. The molecule has 0 spiro atoms. The third-order valence-corrected chi connectivity index (χ3v) is 2.50. The van der Waals surface area contributed by atoms with E-state index in [0.29, 0.717) is 6.54 Å². The van der Waals surface area contributed by atoms with Crippen LogP contribution in [0.2, 0.25) is 0 Å². The van der Waals surface area contributed by atoms with E-state index in [1.807, 2.05) is 0 Å². The molecule has 0 aliphatic rings. The number of nitrogens with zero attached hydrogens (tertiary/aromatic N) is 1. The van der Waals surface area contributed by atoms with E-state index in [1.54, 1.807) is 6.92 Å². The zero-order valence-electron chi connectivity index (χ0n) is 10.8. The lowest BCUT2D eigenvalue weighted by Crippen LogP contribution is -2.24. The van der Waals surface area contributed by atoms with E-state index in [2.05, 4.69) is 10.6 Å². The van der Waals surface area contributed by atoms with Crippen LogP contribution in [-0.2, 0) is 11.0 Å². The van der Waals surface area contributed by atoms with Crippen LogP contribution >= 0.6 is 0 Å². The first-order chi connectivity index (χ1) is 9.38. The first kappa shape index (κ1) is 15.8. The van der Waals surface area contributed by atoms with Crippen molar-refractivity contribution in [3.05, 3.63) is 29.3 Å². The Kier molecular flexibility index (Phi) is 5.38. The number of carbonyl (C=O) groups excluding carboxylic acids is 1. The fourth-order valence-corrected chi connectivity index (χ4v) is 1.59. The summed E-state index contributed by atoms with van der Waals surface area (Å²) in [5.74, 6) is -0.176. The van der Waals surface area contributed by atoms with Crippen LogP contribution in [-0.4, -0.2) is 19.0 Å². The second-order valence-corrected chi connectivity index (χ2v) is 4.00. The Balaban J connectivity index is 2.74. The van der Waals surface area contributed by atoms with E-state index in [-0.39, 0.29) is 24.6 Å². The lowest BCUT2D eigenvalue weighted by Gasteiger charge is -2.12. The Labute approximate surface area is 114 Å². The molecule has 0 bridgehead atoms. The average molecular weight is 285 g/mol. The molecule has 0 radical (unpaired) electrons. The van der Waals surface area contributed by atoms with E-state index in [4.69, 9.17) is 5.26 Å². The Bertz CT molecular complexity index is 521. The van der Waals surface area contributed by atoms with Gasteiger partial charge in [-0.1, -0.05) is 0 Å². The van der Waals surface area contributed by atoms with Gasteiger partial charge in [0.05, 0.1) is 17.2 Å². The molecule has 1 aromatic carbocycles. The van der Waals surface area contributed by atoms with E-state index < -0.39 is 17.3 Å². The molecule has 2 N–H and O–H groups in total. The maximum absolute atomic E-state index is 12.7. The molecule has 0 saturated heterocycles. The third-order valence-electron chi connectivity index (χ3n) is 2.50. The molecule has 0 unspecified atom stereocenters. The standard InChI is InChI=1S/C13H14F3N3O/c1-2-18-12(20)5-6-19-10-4-3-9(8-17)11(7-10)13(14,15)16/h3-4,7,19H,2,5-6H2,1H3,(H,18,20). The number of hydrogen-bond acceptors (Lipinski definition) is 3. The van der Waals surface area contributed by atoms with Crippen LogP contribution in [0.1, 0.15) is 24.5 Å². The molecule has 0 aliphatic carbocycles. The van der Waals surface area contributed by atoms with Gasteiger partial charge in [0, 0.05) is 25.2 Å². The number of alkyl halides is 3. The first-order valence-electron chi connectivity index (χ1n) is 6.00. The zero-order chi connectivity index (χ0) is 15.2. The maximum atomic E-state index is 12.7. The largest absolute Gasteiger partial charge is 0.417 e. The predicted molar refractivity (Wildman–Crippen MR) is 67.9 cm³/mol. The normalized spacial score (nSPS) is 10.8. The molecule has 7 heteroatoms. The van der Waals surface area contributed by atoms with Gasteiger partial charge in [-0.2, -0.15) is 18.4 Å². The average Bonchev–Trinajstić information content (AvgIpc) is 2.38. The van der Waals surface area contributed by atoms with Crippen molar-refractivity contribution in [3.8, 4) is 6.07 Å². The SMILES string of the molecule is CCNC(=O)CCNc1ccc(C#N)c(C(F)(F)F)c1. The highest BCUT2D eigenvalue weighted by molar-refractivity contribution is 5.76. The number of anilines is 1. The van der Waals surface area contributed by atoms with Gasteiger partial charge >= 0.3 is 6.18 Å². The van der Waals surface area contributed by atoms with Crippen molar-refractivity contribution in [2.45, 2.75) is 19.5 Å². The van der Waals surface area contributed by atoms with Gasteiger partial charge in [0.1, 0.15) is 0 Å². The van der Waals surface area contributed by atoms with Crippen molar-refractivity contribution in [2.24, 2.45) is 0 Å². The monoisotopic (exact) mass is 285 g/mol. The van der Waals surface area contributed by atoms with Crippen molar-refractivity contribution in [3.63, 3.8) is 0 Å². The molecule has 0 aromatic heterocycles. The smallest absolute Gasteiger partial charge is 0.385 e. The van der Waals surface area contributed by atoms with Crippen LogP contribution in [0.3, 0.4) is 0 Å². The van der Waals surface area contributed by atoms with Gasteiger partial charge < -0.3 is 10.6 Å². The van der Waals surface area contributed by atoms with Crippen LogP contribution in [0.4, 0.5) is 18.9 Å². The summed E-state index contributed by atoms with van der Waals surface area (Å²) in [4.78, 5) is 11.2. The molecule has 1 aromatic rings. The quantitative estimate of drug-likeness (QED) is 0.873. The molecule has 0 atom stereocenters. The van der Waals surface area contributed by atoms with Crippen molar-refractivity contribution in [1.82, 2.24) is 5.32 Å². The molecule has 1 amide bonds. The van der Waals surface area contributed by atoms with Crippen LogP contribution < -0.4 is 10.6 Å². The number of amides is 1. The van der Waals surface area contributed by atoms with E-state index in [1.165, 1.54) is 12.1 Å². The second kappa shape index (κ2) is 6.80. The van der Waals surface area contributed by atoms with Crippen molar-refractivity contribution < 1.29 is 18.0 Å². The molecule has 0 aliphatic heterocycles. The highest BCUT2D eigenvalue weighted by Crippen LogP contribution is 2.33. The summed E-state index contributed by atoms with van der Waals surface area (Å²) >= 11 is 0. The Morgan fingerprint density at radius 3 is 2.65 bits per heavy atom. The van der Waals surface area contributed by atoms with Gasteiger partial charge in [0.25, 0.3) is 0 Å². The fourth-order valence-electron chi connectivity index (χ4n) is 1.59. The Morgan fingerprint density at radius 2 is 2.10 bits per heavy atom. The lowest BCUT2D eigenvalue weighted by molar-refractivity contribution is -0.137. The molecule has 0 saturated carbocycles. The molecular formula is C13H14F3N3O. The summed E-state index contributed by atoms with van der Waals surface area (Å²) < 4.78 is 38.2. The minimum absolute atomic E-state index is 0.162. The third kappa shape index (κ3) is 4.46. The Morgan fingerprint density at radius 1 is 1.40 bits per heavy atom. The van der Waals surface area contributed by atoms with Crippen molar-refractivity contribution in [1.29, 1.82) is 5.26 Å². The summed E-state index contributed by atoms with van der Waals surface area (Å²) in [6.07, 6.45) is -4.42. The number of rotatable bonds is 5. The minimum Gasteiger partial charge on any atom is -0.385 e. The molecule has 0 heterocycles. The topological polar surface area (TPSA) is 64.9 Å². The van der Waals surface area contributed by atoms with Crippen molar-refractivity contribution in [2.75, 3.05) is 18.4 Å². The van der Waals surface area contributed by atoms with Crippen LogP contribution in [0, 0.1) is 11.3 Å². The first-order valence-corrected chi connectivity index (χ1v) is 6.00. The zero-order valence-corrected chi connectivity index (χ0v) is 10.8. The summed E-state index contributed by atoms with van der Waals surface area (Å²) in [7, 11) is 0. The van der Waals surface area contributed by atoms with Crippen LogP contribution in [0.5, 0.6) is 0 Å². The predicted octanol–water partition coefficient (Wildman–Crippen LogP) is 2.52. The van der Waals surface area contributed by atoms with E-state index >= 15 is 0 Å². The summed E-state index contributed by atoms with van der Waals surface area (Å²) in [6.45, 7) is 2.50. The number of benzene rings is 1. The van der Waals surface area contributed by atoms with Gasteiger partial charge in [-0.3, -0.25) is 4.79 Å². The summed E-state index contributed by atoms with van der Waals surface area (Å²) in [5.41, 5.74) is -1.18. The van der Waals surface area contributed by atoms with E-state index in [0.717, 1.165) is 12.1 Å². The van der Waals surface area contributed by atoms with Gasteiger partial charge in [-0.05, 0) is 25.1 Å². The number of halogens is 3. The molecule has 20 heavy (non-hydrogen) atoms. The van der Waals surface area contributed by atoms with Crippen LogP contribution in [0.25, 0.3) is 0 Å². The molecule has 4 nitrogen and oxygen atoms in total. The minimum atomic E-state index is -4.58. The fraction of sp³-hybridized carbons (Fsp3) is 0.385. The Hall–Kier alpha value is -2.23. The molecular weight excluding hydrogens is 271 g/mol. The number of nitriles is 1. The number of nitrogens with one attached hydrogen (secondary N) is 2. The van der Waals surface area contributed by atoms with Gasteiger partial charge in [-0.15, -0.1) is 0 Å². The molecule has 1 rings (SSSR count). The van der Waals surface area contributed by atoms with Gasteiger partial charge in [-0.25, -0.2) is 0 Å². The van der Waals surface area contributed by atoms with E-state index in [9.17, 15) is 18.0 Å². The summed E-state index contributed by atoms with van der Waals surface area (Å²) in [5, 5.41) is 14.0. The second-order valence-electron chi connectivity index (χ2n) is 4.00. The van der Waals surface area contributed by atoms with Gasteiger partial charge in [0.15, 0.2) is 0 Å². The lowest BCUT2D eigenvalue weighted by atomic mass is 10.1. The highest BCUT2D eigenvalue weighted by Gasteiger charge is 2.33. The molecule has 108 valence electrons. The maximum Gasteiger partial charge on any atom is 0.417 e. The van der Waals surface area contributed by atoms with Crippen molar-refractivity contribution >= 4 is 11.6 Å². The van der Waals surface area contributed by atoms with Crippen LogP contribution in [0.15, 0.2) is 18.2 Å². The number of carbonyl (C=O) groups is 1. The van der Waals surface area contributed by atoms with Gasteiger partial charge in [0.2, 0.25) is 5.91 Å². The highest BCUT2D eigenvalue weighted by atomic mass is 19.4. The summed E-state index contributed by atoms with van der Waals surface area (Å²) in [6, 6.07) is 4.87. The number of hydrogen-bond donors (Lipinski definition) is 2.